The van der Waals surface area contributed by atoms with Gasteiger partial charge in [0, 0.05) is 6.54 Å². The molecule has 3 amide bonds. The van der Waals surface area contributed by atoms with E-state index in [2.05, 4.69) is 16.2 Å². The van der Waals surface area contributed by atoms with Gasteiger partial charge in [-0.25, -0.2) is 4.79 Å². The fourth-order valence-corrected chi connectivity index (χ4v) is 1.75. The zero-order valence-corrected chi connectivity index (χ0v) is 10.6. The molecular formula is C12H18N4O2. The van der Waals surface area contributed by atoms with Gasteiger partial charge in [0.2, 0.25) is 5.91 Å². The third-order valence-electron chi connectivity index (χ3n) is 2.73. The van der Waals surface area contributed by atoms with Crippen molar-refractivity contribution in [2.24, 2.45) is 10.7 Å². The predicted octanol–water partition coefficient (Wildman–Crippen LogP) is 0.0858. The second-order valence-electron chi connectivity index (χ2n) is 4.14. The molecule has 1 aliphatic heterocycles. The molecule has 0 radical (unpaired) electrons. The Balaban J connectivity index is 2.72. The zero-order valence-electron chi connectivity index (χ0n) is 10.6. The molecule has 0 bridgehead atoms. The van der Waals surface area contributed by atoms with Crippen LogP contribution in [0.1, 0.15) is 26.7 Å². The fraction of sp³-hybridized carbons (Fsp3) is 0.583. The van der Waals surface area contributed by atoms with Gasteiger partial charge in [0.1, 0.15) is 11.9 Å². The molecule has 1 rings (SSSR count). The summed E-state index contributed by atoms with van der Waals surface area (Å²) in [4.78, 5) is 28.3. The highest BCUT2D eigenvalue weighted by Gasteiger charge is 2.37. The second kappa shape index (κ2) is 6.05. The minimum Gasteiger partial charge on any atom is -0.385 e. The smallest absolute Gasteiger partial charge is 0.346 e. The highest BCUT2D eigenvalue weighted by atomic mass is 16.2. The number of nitrogens with zero attached hydrogens (tertiary/aromatic N) is 2. The molecule has 3 N–H and O–H groups in total. The van der Waals surface area contributed by atoms with E-state index in [4.69, 9.17) is 12.2 Å². The van der Waals surface area contributed by atoms with Crippen LogP contribution in [-0.4, -0.2) is 41.3 Å². The Morgan fingerprint density at radius 1 is 1.72 bits per heavy atom. The fourth-order valence-electron chi connectivity index (χ4n) is 1.75. The van der Waals surface area contributed by atoms with Crippen LogP contribution in [0.25, 0.3) is 0 Å². The summed E-state index contributed by atoms with van der Waals surface area (Å²) in [6.07, 6.45) is 6.24. The molecule has 18 heavy (non-hydrogen) atoms. The van der Waals surface area contributed by atoms with Crippen LogP contribution in [-0.2, 0) is 4.79 Å². The Kier molecular flexibility index (Phi) is 4.72. The van der Waals surface area contributed by atoms with Crippen molar-refractivity contribution in [3.8, 4) is 12.3 Å². The Morgan fingerprint density at radius 3 is 2.94 bits per heavy atom. The first-order valence-corrected chi connectivity index (χ1v) is 5.90. The number of carbonyl (C=O) groups is 2. The molecule has 2 atom stereocenters. The number of rotatable bonds is 5. The molecule has 0 fully saturated rings. The quantitative estimate of drug-likeness (QED) is 0.678. The van der Waals surface area contributed by atoms with E-state index in [1.807, 2.05) is 6.92 Å². The summed E-state index contributed by atoms with van der Waals surface area (Å²) in [6, 6.07) is -1.46. The minimum absolute atomic E-state index is 0.0904. The van der Waals surface area contributed by atoms with Crippen LogP contribution in [0.4, 0.5) is 4.79 Å². The van der Waals surface area contributed by atoms with Crippen molar-refractivity contribution >= 4 is 17.8 Å². The molecular weight excluding hydrogens is 232 g/mol. The van der Waals surface area contributed by atoms with E-state index in [9.17, 15) is 9.59 Å². The molecule has 0 aromatic carbocycles. The number of hydrogen-bond donors (Lipinski definition) is 2. The van der Waals surface area contributed by atoms with Gasteiger partial charge in [-0.1, -0.05) is 12.8 Å². The molecule has 2 unspecified atom stereocenters. The normalized spacial score (nSPS) is 20.3. The summed E-state index contributed by atoms with van der Waals surface area (Å²) < 4.78 is 0. The predicted molar refractivity (Wildman–Crippen MR) is 68.9 cm³/mol. The first kappa shape index (κ1) is 14.0. The van der Waals surface area contributed by atoms with Gasteiger partial charge in [-0.2, -0.15) is 4.99 Å². The number of aliphatic imine (C=N–C) groups is 1. The first-order chi connectivity index (χ1) is 8.51. The molecule has 6 heteroatoms. The highest BCUT2D eigenvalue weighted by Crippen LogP contribution is 2.17. The van der Waals surface area contributed by atoms with Crippen molar-refractivity contribution in [2.45, 2.75) is 38.8 Å². The number of carbonyl (C=O) groups excluding carboxylic acids is 2. The summed E-state index contributed by atoms with van der Waals surface area (Å²) in [6.45, 7) is 4.26. The maximum atomic E-state index is 11.7. The van der Waals surface area contributed by atoms with Gasteiger partial charge >= 0.3 is 6.03 Å². The van der Waals surface area contributed by atoms with E-state index in [1.165, 1.54) is 4.90 Å². The molecule has 6 nitrogen and oxygen atoms in total. The van der Waals surface area contributed by atoms with Crippen molar-refractivity contribution in [3.05, 3.63) is 0 Å². The average molecular weight is 250 g/mol. The third kappa shape index (κ3) is 3.00. The van der Waals surface area contributed by atoms with E-state index in [0.29, 0.717) is 6.54 Å². The number of terminal acetylenes is 1. The second-order valence-corrected chi connectivity index (χ2v) is 4.14. The van der Waals surface area contributed by atoms with Crippen molar-refractivity contribution in [1.82, 2.24) is 10.2 Å². The van der Waals surface area contributed by atoms with Crippen molar-refractivity contribution in [3.63, 3.8) is 0 Å². The molecule has 0 saturated carbocycles. The van der Waals surface area contributed by atoms with Gasteiger partial charge in [0.25, 0.3) is 0 Å². The molecule has 1 heterocycles. The number of nitrogens with one attached hydrogen (secondary N) is 1. The molecule has 0 aromatic heterocycles. The lowest BCUT2D eigenvalue weighted by molar-refractivity contribution is -0.121. The lowest BCUT2D eigenvalue weighted by atomic mass is 10.1. The SMILES string of the molecule is C#CC(C)N1C(=O)N=C(N)C1CC(=O)NCCC. The van der Waals surface area contributed by atoms with Gasteiger partial charge < -0.3 is 11.1 Å². The summed E-state index contributed by atoms with van der Waals surface area (Å²) in [7, 11) is 0. The van der Waals surface area contributed by atoms with Gasteiger partial charge in [0.05, 0.1) is 12.5 Å². The van der Waals surface area contributed by atoms with Crippen LogP contribution < -0.4 is 11.1 Å². The van der Waals surface area contributed by atoms with Crippen LogP contribution >= 0.6 is 0 Å². The van der Waals surface area contributed by atoms with Gasteiger partial charge in [-0.3, -0.25) is 9.69 Å². The number of urea groups is 1. The molecule has 0 saturated heterocycles. The summed E-state index contributed by atoms with van der Waals surface area (Å²) in [5.74, 6) is 2.43. The first-order valence-electron chi connectivity index (χ1n) is 5.90. The van der Waals surface area contributed by atoms with Crippen LogP contribution in [0.3, 0.4) is 0 Å². The Labute approximate surface area is 107 Å². The summed E-state index contributed by atoms with van der Waals surface area (Å²) >= 11 is 0. The standard InChI is InChI=1S/C12H18N4O2/c1-4-6-14-10(17)7-9-11(13)15-12(18)16(9)8(3)5-2/h2,8-9H,4,6-7H2,1,3H3,(H,14,17)(H2,13,15,18). The Hall–Kier alpha value is -2.03. The molecule has 98 valence electrons. The van der Waals surface area contributed by atoms with Gasteiger partial charge in [0.15, 0.2) is 0 Å². The van der Waals surface area contributed by atoms with Crippen LogP contribution in [0.15, 0.2) is 4.99 Å². The van der Waals surface area contributed by atoms with Crippen molar-refractivity contribution in [2.75, 3.05) is 6.54 Å². The third-order valence-corrected chi connectivity index (χ3v) is 2.73. The summed E-state index contributed by atoms with van der Waals surface area (Å²) in [5.41, 5.74) is 5.67. The van der Waals surface area contributed by atoms with E-state index >= 15 is 0 Å². The van der Waals surface area contributed by atoms with E-state index in [-0.39, 0.29) is 18.2 Å². The van der Waals surface area contributed by atoms with Crippen LogP contribution in [0.2, 0.25) is 0 Å². The maximum Gasteiger partial charge on any atom is 0.346 e. The largest absolute Gasteiger partial charge is 0.385 e. The number of amides is 3. The Bertz CT molecular complexity index is 411. The van der Waals surface area contributed by atoms with Crippen molar-refractivity contribution in [1.29, 1.82) is 0 Å². The van der Waals surface area contributed by atoms with Crippen LogP contribution in [0.5, 0.6) is 0 Å². The Morgan fingerprint density at radius 2 is 2.39 bits per heavy atom. The zero-order chi connectivity index (χ0) is 13.7. The topological polar surface area (TPSA) is 87.8 Å². The lowest BCUT2D eigenvalue weighted by Crippen LogP contribution is -2.47. The van der Waals surface area contributed by atoms with E-state index < -0.39 is 18.1 Å². The molecule has 0 spiro atoms. The highest BCUT2D eigenvalue weighted by molar-refractivity contribution is 6.04. The van der Waals surface area contributed by atoms with Gasteiger partial charge in [-0.15, -0.1) is 6.42 Å². The monoisotopic (exact) mass is 250 g/mol. The molecule has 1 aliphatic rings. The number of nitrogens with two attached hydrogens (primary N) is 1. The number of amidine groups is 1. The maximum absolute atomic E-state index is 11.7. The van der Waals surface area contributed by atoms with Crippen molar-refractivity contribution < 1.29 is 9.59 Å². The summed E-state index contributed by atoms with van der Waals surface area (Å²) in [5, 5.41) is 2.73. The van der Waals surface area contributed by atoms with E-state index in [0.717, 1.165) is 6.42 Å². The molecule has 0 aliphatic carbocycles. The molecule has 0 aromatic rings. The average Bonchev–Trinajstić information content (AvgIpc) is 2.61. The van der Waals surface area contributed by atoms with Gasteiger partial charge in [-0.05, 0) is 13.3 Å². The van der Waals surface area contributed by atoms with E-state index in [1.54, 1.807) is 6.92 Å². The number of hydrogen-bond acceptors (Lipinski definition) is 3. The lowest BCUT2D eigenvalue weighted by Gasteiger charge is -2.26. The van der Waals surface area contributed by atoms with Crippen LogP contribution in [0, 0.1) is 12.3 Å². The minimum atomic E-state index is -0.541.